The third-order valence-corrected chi connectivity index (χ3v) is 4.25. The molecule has 0 radical (unpaired) electrons. The van der Waals surface area contributed by atoms with Crippen LogP contribution in [0.25, 0.3) is 0 Å². The van der Waals surface area contributed by atoms with Gasteiger partial charge in [0.2, 0.25) is 5.91 Å². The van der Waals surface area contributed by atoms with Crippen LogP contribution in [0.5, 0.6) is 0 Å². The second-order valence-corrected chi connectivity index (χ2v) is 6.04. The summed E-state index contributed by atoms with van der Waals surface area (Å²) in [5.74, 6) is 2.36. The maximum atomic E-state index is 11.6. The molecule has 1 saturated heterocycles. The van der Waals surface area contributed by atoms with Gasteiger partial charge >= 0.3 is 5.97 Å². The summed E-state index contributed by atoms with van der Waals surface area (Å²) >= 11 is 1.98. The number of carboxylic acid groups (broad SMARTS) is 1. The van der Waals surface area contributed by atoms with Crippen molar-refractivity contribution in [3.8, 4) is 0 Å². The van der Waals surface area contributed by atoms with Crippen LogP contribution in [-0.4, -0.2) is 35.0 Å². The lowest BCUT2D eigenvalue weighted by atomic mass is 9.98. The van der Waals surface area contributed by atoms with E-state index in [1.54, 1.807) is 0 Å². The van der Waals surface area contributed by atoms with Crippen LogP contribution in [0.2, 0.25) is 0 Å². The minimum atomic E-state index is -0.741. The summed E-state index contributed by atoms with van der Waals surface area (Å²) in [5.41, 5.74) is 0. The van der Waals surface area contributed by atoms with Crippen molar-refractivity contribution in [2.45, 2.75) is 44.9 Å². The van der Waals surface area contributed by atoms with Crippen LogP contribution in [0.15, 0.2) is 0 Å². The molecule has 1 aliphatic heterocycles. The fourth-order valence-corrected chi connectivity index (χ4v) is 3.29. The third-order valence-electron chi connectivity index (χ3n) is 3.20. The molecule has 0 aromatic heterocycles. The monoisotopic (exact) mass is 273 g/mol. The van der Waals surface area contributed by atoms with Crippen molar-refractivity contribution in [2.24, 2.45) is 5.92 Å². The number of unbranched alkanes of at least 4 members (excludes halogenated alkanes) is 2. The zero-order valence-electron chi connectivity index (χ0n) is 10.8. The molecule has 5 heteroatoms. The van der Waals surface area contributed by atoms with E-state index in [4.69, 9.17) is 5.11 Å². The number of carbonyl (C=O) groups excluding carboxylic acids is 1. The molecule has 1 rings (SSSR count). The smallest absolute Gasteiger partial charge is 0.303 e. The number of hydrogen-bond acceptors (Lipinski definition) is 3. The average Bonchev–Trinajstić information content (AvgIpc) is 2.34. The van der Waals surface area contributed by atoms with Crippen LogP contribution in [0.1, 0.15) is 44.9 Å². The summed E-state index contributed by atoms with van der Waals surface area (Å²) in [6, 6.07) is 0. The molecule has 0 aliphatic carbocycles. The largest absolute Gasteiger partial charge is 0.481 e. The molecule has 18 heavy (non-hydrogen) atoms. The van der Waals surface area contributed by atoms with E-state index in [0.717, 1.165) is 25.7 Å². The van der Waals surface area contributed by atoms with Gasteiger partial charge < -0.3 is 10.4 Å². The first-order valence-corrected chi connectivity index (χ1v) is 7.90. The molecule has 2 N–H and O–H groups in total. The summed E-state index contributed by atoms with van der Waals surface area (Å²) in [4.78, 5) is 21.9. The van der Waals surface area contributed by atoms with Crippen molar-refractivity contribution >= 4 is 23.6 Å². The molecule has 0 saturated carbocycles. The molecule has 0 unspecified atom stereocenters. The summed E-state index contributed by atoms with van der Waals surface area (Å²) in [5, 5.41) is 11.4. The van der Waals surface area contributed by atoms with Crippen molar-refractivity contribution in [1.82, 2.24) is 5.32 Å². The minimum absolute atomic E-state index is 0.158. The van der Waals surface area contributed by atoms with Gasteiger partial charge in [0.1, 0.15) is 0 Å². The van der Waals surface area contributed by atoms with E-state index in [0.29, 0.717) is 25.3 Å². The number of rotatable bonds is 8. The summed E-state index contributed by atoms with van der Waals surface area (Å²) < 4.78 is 0. The molecule has 0 aromatic rings. The average molecular weight is 273 g/mol. The topological polar surface area (TPSA) is 66.4 Å². The van der Waals surface area contributed by atoms with E-state index in [1.165, 1.54) is 11.5 Å². The Morgan fingerprint density at radius 1 is 1.17 bits per heavy atom. The minimum Gasteiger partial charge on any atom is -0.481 e. The van der Waals surface area contributed by atoms with Gasteiger partial charge in [-0.1, -0.05) is 6.42 Å². The molecule has 104 valence electrons. The van der Waals surface area contributed by atoms with Crippen molar-refractivity contribution in [2.75, 3.05) is 18.1 Å². The van der Waals surface area contributed by atoms with E-state index in [1.807, 2.05) is 11.8 Å². The molecule has 1 fully saturated rings. The highest BCUT2D eigenvalue weighted by atomic mass is 32.2. The summed E-state index contributed by atoms with van der Waals surface area (Å²) in [7, 11) is 0. The lowest BCUT2D eigenvalue weighted by molar-refractivity contribution is -0.137. The van der Waals surface area contributed by atoms with Crippen molar-refractivity contribution < 1.29 is 14.7 Å². The van der Waals surface area contributed by atoms with Crippen molar-refractivity contribution in [3.63, 3.8) is 0 Å². The fraction of sp³-hybridized carbons (Fsp3) is 0.846. The van der Waals surface area contributed by atoms with Gasteiger partial charge in [-0.3, -0.25) is 9.59 Å². The van der Waals surface area contributed by atoms with Gasteiger partial charge in [-0.25, -0.2) is 0 Å². The molecule has 4 nitrogen and oxygen atoms in total. The maximum Gasteiger partial charge on any atom is 0.303 e. The van der Waals surface area contributed by atoms with E-state index < -0.39 is 5.97 Å². The first-order chi connectivity index (χ1) is 8.68. The standard InChI is InChI=1S/C13H23NO3S/c15-12(10-11-5-8-18-9-6-11)14-7-3-1-2-4-13(16)17/h11H,1-10H2,(H,14,15)(H,16,17). The number of thioether (sulfide) groups is 1. The van der Waals surface area contributed by atoms with Gasteiger partial charge in [-0.15, -0.1) is 0 Å². The molecule has 0 spiro atoms. The maximum absolute atomic E-state index is 11.6. The predicted octanol–water partition coefficient (Wildman–Crippen LogP) is 2.28. The Labute approximate surface area is 113 Å². The van der Waals surface area contributed by atoms with Gasteiger partial charge in [-0.2, -0.15) is 11.8 Å². The van der Waals surface area contributed by atoms with Gasteiger partial charge in [0.25, 0.3) is 0 Å². The van der Waals surface area contributed by atoms with Crippen LogP contribution in [0.4, 0.5) is 0 Å². The Bertz CT molecular complexity index is 265. The van der Waals surface area contributed by atoms with Crippen LogP contribution >= 0.6 is 11.8 Å². The van der Waals surface area contributed by atoms with E-state index in [2.05, 4.69) is 5.32 Å². The first kappa shape index (κ1) is 15.3. The number of amides is 1. The van der Waals surface area contributed by atoms with Crippen molar-refractivity contribution in [3.05, 3.63) is 0 Å². The molecule has 1 aliphatic rings. The highest BCUT2D eigenvalue weighted by molar-refractivity contribution is 7.99. The molecule has 0 aromatic carbocycles. The Balaban J connectivity index is 1.94. The van der Waals surface area contributed by atoms with E-state index in [9.17, 15) is 9.59 Å². The summed E-state index contributed by atoms with van der Waals surface area (Å²) in [6.45, 7) is 0.680. The van der Waals surface area contributed by atoms with E-state index >= 15 is 0 Å². The lowest BCUT2D eigenvalue weighted by Crippen LogP contribution is -2.27. The second kappa shape index (κ2) is 9.25. The first-order valence-electron chi connectivity index (χ1n) is 6.74. The number of hydrogen-bond donors (Lipinski definition) is 2. The predicted molar refractivity (Wildman–Crippen MR) is 73.8 cm³/mol. The number of carbonyl (C=O) groups is 2. The van der Waals surface area contributed by atoms with Gasteiger partial charge in [0, 0.05) is 19.4 Å². The Morgan fingerprint density at radius 3 is 2.56 bits per heavy atom. The van der Waals surface area contributed by atoms with Crippen LogP contribution < -0.4 is 5.32 Å². The van der Waals surface area contributed by atoms with Gasteiger partial charge in [0.05, 0.1) is 0 Å². The van der Waals surface area contributed by atoms with Gasteiger partial charge in [-0.05, 0) is 43.1 Å². The van der Waals surface area contributed by atoms with Crippen LogP contribution in [0.3, 0.4) is 0 Å². The molecule has 0 bridgehead atoms. The highest BCUT2D eigenvalue weighted by Crippen LogP contribution is 2.24. The zero-order valence-corrected chi connectivity index (χ0v) is 11.6. The molecule has 1 heterocycles. The Hall–Kier alpha value is -0.710. The van der Waals surface area contributed by atoms with Gasteiger partial charge in [0.15, 0.2) is 0 Å². The molecular formula is C13H23NO3S. The lowest BCUT2D eigenvalue weighted by Gasteiger charge is -2.20. The molecule has 1 amide bonds. The Kier molecular flexibility index (Phi) is 7.89. The number of carboxylic acids is 1. The second-order valence-electron chi connectivity index (χ2n) is 4.81. The quantitative estimate of drug-likeness (QED) is 0.666. The highest BCUT2D eigenvalue weighted by Gasteiger charge is 2.16. The number of nitrogens with one attached hydrogen (secondary N) is 1. The Morgan fingerprint density at radius 2 is 1.89 bits per heavy atom. The van der Waals surface area contributed by atoms with Crippen LogP contribution in [-0.2, 0) is 9.59 Å². The third kappa shape index (κ3) is 7.58. The summed E-state index contributed by atoms with van der Waals surface area (Å²) in [6.07, 6.45) is 5.66. The SMILES string of the molecule is O=C(O)CCCCCNC(=O)CC1CCSCC1. The molecule has 0 atom stereocenters. The fourth-order valence-electron chi connectivity index (χ4n) is 2.09. The zero-order chi connectivity index (χ0) is 13.2. The van der Waals surface area contributed by atoms with Crippen LogP contribution in [0, 0.1) is 5.92 Å². The molecular weight excluding hydrogens is 250 g/mol. The van der Waals surface area contributed by atoms with Crippen molar-refractivity contribution in [1.29, 1.82) is 0 Å². The number of aliphatic carboxylic acids is 1. The normalized spacial score (nSPS) is 16.4. The van der Waals surface area contributed by atoms with E-state index in [-0.39, 0.29) is 12.3 Å².